The van der Waals surface area contributed by atoms with Crippen molar-refractivity contribution in [1.29, 1.82) is 0 Å². The molecule has 0 bridgehead atoms. The molecular weight excluding hydrogens is 552 g/mol. The number of para-hydroxylation sites is 1. The highest BCUT2D eigenvalue weighted by atomic mass is 35.5. The van der Waals surface area contributed by atoms with E-state index in [9.17, 15) is 40.2 Å². The first-order valence-electron chi connectivity index (χ1n) is 11.7. The molecule has 0 radical (unpaired) electrons. The van der Waals surface area contributed by atoms with Gasteiger partial charge in [0.1, 0.15) is 0 Å². The predicted molar refractivity (Wildman–Crippen MR) is 143 cm³/mol. The van der Waals surface area contributed by atoms with Crippen LogP contribution in [0.15, 0.2) is 65.6 Å². The van der Waals surface area contributed by atoms with Crippen molar-refractivity contribution in [3.8, 4) is 0 Å². The van der Waals surface area contributed by atoms with Gasteiger partial charge in [-0.1, -0.05) is 24.3 Å². The first-order valence-corrected chi connectivity index (χ1v) is 13.0. The molecule has 1 aliphatic heterocycles. The standard InChI is InChI=1S/C25H19ClN4O8S/c26-22-19(39-18-4-2-1-3-16(18)29(35)36)11-15-20(22)21-17(30(37)38)10-9-14(25(31)32)24(21)27-23(15)12-5-7-13(8-6-12)28(33)34/h1-10,15,19-20,22-23,27H,11H2,(H,31,32)/t15-,19+,20+,22+,23-/m1/s1. The topological polar surface area (TPSA) is 179 Å². The van der Waals surface area contributed by atoms with E-state index >= 15 is 0 Å². The summed E-state index contributed by atoms with van der Waals surface area (Å²) in [6, 6.07) is 13.7. The number of rotatable bonds is 7. The third-order valence-corrected chi connectivity index (χ3v) is 9.29. The molecule has 0 saturated heterocycles. The molecule has 1 fully saturated rings. The Hall–Kier alpha value is -4.23. The maximum Gasteiger partial charge on any atom is 0.337 e. The van der Waals surface area contributed by atoms with E-state index in [0.717, 1.165) is 12.1 Å². The van der Waals surface area contributed by atoms with Crippen molar-refractivity contribution in [2.24, 2.45) is 5.92 Å². The molecule has 3 aromatic rings. The van der Waals surface area contributed by atoms with Crippen LogP contribution in [-0.2, 0) is 0 Å². The summed E-state index contributed by atoms with van der Waals surface area (Å²) in [5.41, 5.74) is 0.202. The second kappa shape index (κ2) is 10.2. The van der Waals surface area contributed by atoms with Crippen LogP contribution in [0, 0.1) is 36.3 Å². The van der Waals surface area contributed by atoms with Gasteiger partial charge in [-0.25, -0.2) is 4.79 Å². The van der Waals surface area contributed by atoms with Gasteiger partial charge in [-0.15, -0.1) is 23.4 Å². The second-order valence-electron chi connectivity index (χ2n) is 9.20. The zero-order chi connectivity index (χ0) is 28.0. The van der Waals surface area contributed by atoms with Crippen molar-refractivity contribution in [1.82, 2.24) is 0 Å². The highest BCUT2D eigenvalue weighted by Gasteiger charge is 2.53. The van der Waals surface area contributed by atoms with E-state index < -0.39 is 43.3 Å². The van der Waals surface area contributed by atoms with Gasteiger partial charge < -0.3 is 10.4 Å². The quantitative estimate of drug-likeness (QED) is 0.190. The number of carbonyl (C=O) groups is 1. The van der Waals surface area contributed by atoms with Crippen LogP contribution in [0.25, 0.3) is 0 Å². The van der Waals surface area contributed by atoms with Gasteiger partial charge in [-0.2, -0.15) is 0 Å². The molecule has 0 unspecified atom stereocenters. The highest BCUT2D eigenvalue weighted by molar-refractivity contribution is 8.00. The van der Waals surface area contributed by atoms with Crippen molar-refractivity contribution in [3.63, 3.8) is 0 Å². The molecule has 14 heteroatoms. The number of hydrogen-bond acceptors (Lipinski definition) is 9. The zero-order valence-electron chi connectivity index (χ0n) is 19.8. The normalized spacial score (nSPS) is 23.3. The number of halogens is 1. The van der Waals surface area contributed by atoms with E-state index in [1.54, 1.807) is 30.3 Å². The van der Waals surface area contributed by atoms with Crippen molar-refractivity contribution in [3.05, 3.63) is 108 Å². The van der Waals surface area contributed by atoms with Crippen LogP contribution in [0.4, 0.5) is 22.7 Å². The van der Waals surface area contributed by atoms with E-state index in [0.29, 0.717) is 16.9 Å². The number of nitrogens with one attached hydrogen (secondary N) is 1. The number of aromatic carboxylic acids is 1. The first-order chi connectivity index (χ1) is 18.6. The Kier molecular flexibility index (Phi) is 6.87. The number of fused-ring (bicyclic) bond motifs is 3. The Labute approximate surface area is 229 Å². The average molecular weight is 571 g/mol. The van der Waals surface area contributed by atoms with Crippen molar-refractivity contribution in [2.75, 3.05) is 5.32 Å². The minimum absolute atomic E-state index is 0.0725. The summed E-state index contributed by atoms with van der Waals surface area (Å²) in [4.78, 5) is 45.7. The summed E-state index contributed by atoms with van der Waals surface area (Å²) in [5.74, 6) is -2.35. The molecule has 12 nitrogen and oxygen atoms in total. The van der Waals surface area contributed by atoms with E-state index in [2.05, 4.69) is 5.32 Å². The summed E-state index contributed by atoms with van der Waals surface area (Å²) < 4.78 is 0. The predicted octanol–water partition coefficient (Wildman–Crippen LogP) is 6.15. The molecule has 2 aliphatic rings. The summed E-state index contributed by atoms with van der Waals surface area (Å²) in [7, 11) is 0. The monoisotopic (exact) mass is 570 g/mol. The molecule has 1 heterocycles. The smallest absolute Gasteiger partial charge is 0.337 e. The second-order valence-corrected chi connectivity index (χ2v) is 11.0. The average Bonchev–Trinajstić information content (AvgIpc) is 3.23. The molecule has 39 heavy (non-hydrogen) atoms. The number of nitrogens with zero attached hydrogens (tertiary/aromatic N) is 3. The van der Waals surface area contributed by atoms with Gasteiger partial charge in [-0.3, -0.25) is 30.3 Å². The van der Waals surface area contributed by atoms with E-state index in [-0.39, 0.29) is 39.8 Å². The molecule has 2 N–H and O–H groups in total. The first kappa shape index (κ1) is 26.4. The van der Waals surface area contributed by atoms with Crippen LogP contribution < -0.4 is 5.32 Å². The van der Waals surface area contributed by atoms with Crippen LogP contribution in [0.3, 0.4) is 0 Å². The lowest BCUT2D eigenvalue weighted by molar-refractivity contribution is -0.387. The van der Waals surface area contributed by atoms with Gasteiger partial charge >= 0.3 is 5.97 Å². The van der Waals surface area contributed by atoms with Crippen molar-refractivity contribution < 1.29 is 24.7 Å². The lowest BCUT2D eigenvalue weighted by atomic mass is 9.75. The Morgan fingerprint density at radius 2 is 1.59 bits per heavy atom. The number of benzene rings is 3. The lowest BCUT2D eigenvalue weighted by Crippen LogP contribution is -2.33. The van der Waals surface area contributed by atoms with Gasteiger partial charge in [-0.05, 0) is 30.0 Å². The van der Waals surface area contributed by atoms with Crippen LogP contribution in [0.1, 0.15) is 39.9 Å². The van der Waals surface area contributed by atoms with Gasteiger partial charge in [0.15, 0.2) is 0 Å². The number of hydrogen-bond donors (Lipinski definition) is 2. The fourth-order valence-corrected chi connectivity index (χ4v) is 7.48. The summed E-state index contributed by atoms with van der Waals surface area (Å²) in [6.45, 7) is 0. The summed E-state index contributed by atoms with van der Waals surface area (Å²) >= 11 is 8.22. The Balaban J connectivity index is 1.65. The number of thioether (sulfide) groups is 1. The number of non-ortho nitro benzene ring substituents is 1. The minimum Gasteiger partial charge on any atom is -0.478 e. The molecule has 0 aromatic heterocycles. The van der Waals surface area contributed by atoms with Crippen molar-refractivity contribution >= 4 is 52.1 Å². The lowest BCUT2D eigenvalue weighted by Gasteiger charge is -2.38. The molecular formula is C25H19ClN4O8S. The Morgan fingerprint density at radius 1 is 0.923 bits per heavy atom. The van der Waals surface area contributed by atoms with Crippen LogP contribution in [0.5, 0.6) is 0 Å². The minimum atomic E-state index is -1.29. The Morgan fingerprint density at radius 3 is 2.21 bits per heavy atom. The molecule has 0 spiro atoms. The van der Waals surface area contributed by atoms with E-state index in [4.69, 9.17) is 11.6 Å². The van der Waals surface area contributed by atoms with Crippen molar-refractivity contribution in [2.45, 2.75) is 33.9 Å². The fraction of sp³-hybridized carbons (Fsp3) is 0.240. The van der Waals surface area contributed by atoms with Gasteiger partial charge in [0.25, 0.3) is 17.1 Å². The van der Waals surface area contributed by atoms with Gasteiger partial charge in [0.05, 0.1) is 47.9 Å². The molecule has 200 valence electrons. The maximum absolute atomic E-state index is 12.1. The number of nitro benzene ring substituents is 3. The summed E-state index contributed by atoms with van der Waals surface area (Å²) in [6.07, 6.45) is 0.387. The number of carboxylic acids is 1. The number of nitro groups is 3. The molecule has 5 rings (SSSR count). The number of carboxylic acid groups (broad SMARTS) is 1. The SMILES string of the molecule is O=C(O)c1ccc([N+](=O)[O-])c2c1N[C@H](c1ccc([N+](=O)[O-])cc1)[C@@H]1C[C@H](Sc3ccccc3[N+](=O)[O-])[C@H](Cl)[C@H]21. The van der Waals surface area contributed by atoms with Gasteiger partial charge in [0.2, 0.25) is 0 Å². The van der Waals surface area contributed by atoms with Gasteiger partial charge in [0, 0.05) is 35.4 Å². The molecule has 5 atom stereocenters. The van der Waals surface area contributed by atoms with E-state index in [1.807, 2.05) is 0 Å². The molecule has 1 saturated carbocycles. The molecule has 3 aromatic carbocycles. The maximum atomic E-state index is 12.1. The van der Waals surface area contributed by atoms with Crippen LogP contribution in [-0.4, -0.2) is 36.5 Å². The molecule has 1 aliphatic carbocycles. The third-order valence-electron chi connectivity index (χ3n) is 7.18. The van der Waals surface area contributed by atoms with Crippen LogP contribution >= 0.6 is 23.4 Å². The highest BCUT2D eigenvalue weighted by Crippen LogP contribution is 2.60. The fourth-order valence-electron chi connectivity index (χ4n) is 5.55. The van der Waals surface area contributed by atoms with Crippen LogP contribution in [0.2, 0.25) is 0 Å². The number of alkyl halides is 1. The summed E-state index contributed by atoms with van der Waals surface area (Å²) in [5, 5.41) is 46.7. The van der Waals surface area contributed by atoms with E-state index in [1.165, 1.54) is 30.0 Å². The third kappa shape index (κ3) is 4.63. The number of anilines is 1. The Bertz CT molecular complexity index is 1520. The largest absolute Gasteiger partial charge is 0.478 e. The zero-order valence-corrected chi connectivity index (χ0v) is 21.4. The molecule has 0 amide bonds.